The highest BCUT2D eigenvalue weighted by molar-refractivity contribution is 6.33. The maximum Gasteiger partial charge on any atom is 0.252 e. The third-order valence-electron chi connectivity index (χ3n) is 6.51. The lowest BCUT2D eigenvalue weighted by atomic mass is 9.99. The summed E-state index contributed by atoms with van der Waals surface area (Å²) in [6.07, 6.45) is 5.81. The van der Waals surface area contributed by atoms with E-state index in [1.807, 2.05) is 12.3 Å². The third kappa shape index (κ3) is 5.34. The highest BCUT2D eigenvalue weighted by atomic mass is 35.5. The van der Waals surface area contributed by atoms with Crippen molar-refractivity contribution in [1.29, 1.82) is 0 Å². The zero-order valence-corrected chi connectivity index (χ0v) is 20.1. The van der Waals surface area contributed by atoms with E-state index >= 15 is 0 Å². The lowest BCUT2D eigenvalue weighted by molar-refractivity contribution is 0.0690. The number of amides is 1. The molecule has 0 saturated carbocycles. The maximum atomic E-state index is 11.8. The number of rotatable bonds is 5. The number of hydrogen-bond donors (Lipinski definition) is 1. The second kappa shape index (κ2) is 10.3. The minimum absolute atomic E-state index is 0. The largest absolute Gasteiger partial charge is 0.355 e. The van der Waals surface area contributed by atoms with Crippen LogP contribution in [-0.2, 0) is 6.54 Å². The molecular weight excluding hydrogens is 447 g/mol. The summed E-state index contributed by atoms with van der Waals surface area (Å²) in [5.74, 6) is 0.583. The molecule has 2 fully saturated rings. The molecule has 2 aliphatic heterocycles. The van der Waals surface area contributed by atoms with Crippen LogP contribution in [0.4, 0.5) is 5.82 Å². The molecule has 0 aliphatic carbocycles. The van der Waals surface area contributed by atoms with Gasteiger partial charge in [-0.25, -0.2) is 9.97 Å². The maximum absolute atomic E-state index is 11.8. The molecule has 174 valence electrons. The minimum atomic E-state index is -0.178. The topological polar surface area (TPSA) is 64.6 Å². The highest BCUT2D eigenvalue weighted by Gasteiger charge is 2.32. The molecule has 1 atom stereocenters. The molecule has 32 heavy (non-hydrogen) atoms. The zero-order chi connectivity index (χ0) is 22.7. The van der Waals surface area contributed by atoms with E-state index in [1.165, 1.54) is 18.4 Å². The molecule has 2 saturated heterocycles. The summed E-state index contributed by atoms with van der Waals surface area (Å²) in [5.41, 5.74) is 1.69. The second-order valence-corrected chi connectivity index (χ2v) is 9.43. The van der Waals surface area contributed by atoms with Gasteiger partial charge in [0, 0.05) is 59.1 Å². The summed E-state index contributed by atoms with van der Waals surface area (Å²) in [6.45, 7) is 8.14. The van der Waals surface area contributed by atoms with Gasteiger partial charge in [0.15, 0.2) is 0 Å². The molecule has 4 rings (SSSR count). The number of nitrogens with one attached hydrogen (secondary N) is 1. The number of nitrogens with zero attached hydrogens (tertiary/aromatic N) is 5. The average Bonchev–Trinajstić information content (AvgIpc) is 2.80. The van der Waals surface area contributed by atoms with Gasteiger partial charge in [-0.15, -0.1) is 0 Å². The first-order valence-corrected chi connectivity index (χ1v) is 11.9. The highest BCUT2D eigenvalue weighted by Crippen LogP contribution is 2.29. The molecule has 0 radical (unpaired) electrons. The van der Waals surface area contributed by atoms with Crippen LogP contribution in [0.15, 0.2) is 30.6 Å². The third-order valence-corrected chi connectivity index (χ3v) is 7.01. The smallest absolute Gasteiger partial charge is 0.252 e. The van der Waals surface area contributed by atoms with E-state index in [0.717, 1.165) is 45.1 Å². The van der Waals surface area contributed by atoms with Crippen molar-refractivity contribution in [3.63, 3.8) is 0 Å². The van der Waals surface area contributed by atoms with Crippen molar-refractivity contribution in [2.75, 3.05) is 44.7 Å². The molecule has 0 bridgehead atoms. The van der Waals surface area contributed by atoms with E-state index in [0.29, 0.717) is 27.8 Å². The van der Waals surface area contributed by atoms with Crippen LogP contribution in [0.3, 0.4) is 0 Å². The Hall–Kier alpha value is -1.93. The van der Waals surface area contributed by atoms with Crippen molar-refractivity contribution in [1.82, 2.24) is 25.1 Å². The first-order chi connectivity index (χ1) is 15.4. The number of anilines is 1. The van der Waals surface area contributed by atoms with E-state index in [4.69, 9.17) is 23.2 Å². The van der Waals surface area contributed by atoms with Crippen LogP contribution in [0.1, 0.15) is 37.1 Å². The van der Waals surface area contributed by atoms with E-state index < -0.39 is 0 Å². The predicted octanol–water partition coefficient (Wildman–Crippen LogP) is 3.56. The van der Waals surface area contributed by atoms with Crippen LogP contribution < -0.4 is 10.2 Å². The van der Waals surface area contributed by atoms with Crippen LogP contribution >= 0.6 is 23.2 Å². The fraction of sp³-hybridized carbons (Fsp3) is 0.522. The van der Waals surface area contributed by atoms with Crippen LogP contribution in [0, 0.1) is 0 Å². The van der Waals surface area contributed by atoms with Crippen molar-refractivity contribution in [3.8, 4) is 0 Å². The van der Waals surface area contributed by atoms with Gasteiger partial charge in [-0.3, -0.25) is 14.6 Å². The van der Waals surface area contributed by atoms with Crippen LogP contribution in [-0.4, -0.2) is 77.5 Å². The second-order valence-electron chi connectivity index (χ2n) is 8.64. The summed E-state index contributed by atoms with van der Waals surface area (Å²) in [6, 6.07) is 6.63. The standard InChI is InChI=1S/C23H30Cl2N6O.H2/c1-16-14-30(22-20(24)11-18(13-28-22)23(32)26-2)9-10-31(16)19-5-7-29(8-6-19)15-17-3-4-21(25)27-12-17;/h3-4,11-13,16,19H,5-10,14-15H2,1-2H3,(H,26,32);1H/t16-;/m0./s1. The van der Waals surface area contributed by atoms with Crippen LogP contribution in [0.5, 0.6) is 0 Å². The Morgan fingerprint density at radius 2 is 1.94 bits per heavy atom. The summed E-state index contributed by atoms with van der Waals surface area (Å²) < 4.78 is 0. The molecule has 9 heteroatoms. The van der Waals surface area contributed by atoms with Gasteiger partial charge in [-0.2, -0.15) is 0 Å². The summed E-state index contributed by atoms with van der Waals surface area (Å²) >= 11 is 12.4. The number of aromatic nitrogens is 2. The van der Waals surface area contributed by atoms with Crippen molar-refractivity contribution in [3.05, 3.63) is 51.9 Å². The SMILES string of the molecule is CNC(=O)c1cnc(N2CCN(C3CCN(Cc4ccc(Cl)nc4)CC3)[C@@H](C)C2)c(Cl)c1.[HH]. The van der Waals surface area contributed by atoms with Gasteiger partial charge >= 0.3 is 0 Å². The van der Waals surface area contributed by atoms with Crippen molar-refractivity contribution >= 4 is 34.9 Å². The fourth-order valence-corrected chi connectivity index (χ4v) is 5.20. The van der Waals surface area contributed by atoms with E-state index in [2.05, 4.69) is 43.0 Å². The van der Waals surface area contributed by atoms with Gasteiger partial charge in [0.1, 0.15) is 11.0 Å². The molecule has 7 nitrogen and oxygen atoms in total. The summed E-state index contributed by atoms with van der Waals surface area (Å²) in [4.78, 5) is 27.9. The molecule has 2 aromatic rings. The molecule has 0 unspecified atom stereocenters. The number of carbonyl (C=O) groups is 1. The van der Waals surface area contributed by atoms with Gasteiger partial charge in [0.05, 0.1) is 10.6 Å². The fourth-order valence-electron chi connectivity index (χ4n) is 4.81. The van der Waals surface area contributed by atoms with Gasteiger partial charge in [0.2, 0.25) is 0 Å². The molecule has 2 aromatic heterocycles. The van der Waals surface area contributed by atoms with Gasteiger partial charge in [-0.05, 0) is 50.6 Å². The van der Waals surface area contributed by atoms with Gasteiger partial charge in [0.25, 0.3) is 5.91 Å². The molecule has 0 aromatic carbocycles. The first-order valence-electron chi connectivity index (χ1n) is 11.2. The number of halogens is 2. The van der Waals surface area contributed by atoms with Crippen molar-refractivity contribution in [2.24, 2.45) is 0 Å². The lowest BCUT2D eigenvalue weighted by Crippen LogP contribution is -2.57. The lowest BCUT2D eigenvalue weighted by Gasteiger charge is -2.47. The van der Waals surface area contributed by atoms with E-state index in [1.54, 1.807) is 19.3 Å². The molecule has 1 amide bonds. The Bertz CT molecular complexity index is 939. The van der Waals surface area contributed by atoms with E-state index in [-0.39, 0.29) is 7.33 Å². The number of piperidine rings is 1. The Morgan fingerprint density at radius 1 is 1.16 bits per heavy atom. The number of hydrogen-bond acceptors (Lipinski definition) is 6. The molecule has 4 heterocycles. The zero-order valence-electron chi connectivity index (χ0n) is 18.6. The molecular formula is C23H32Cl2N6O. The first kappa shape index (κ1) is 23.2. The normalized spacial score (nSPS) is 21.0. The molecule has 1 N–H and O–H groups in total. The Morgan fingerprint density at radius 3 is 2.56 bits per heavy atom. The average molecular weight is 479 g/mol. The van der Waals surface area contributed by atoms with Crippen LogP contribution in [0.2, 0.25) is 10.2 Å². The number of piperazine rings is 1. The van der Waals surface area contributed by atoms with Gasteiger partial charge in [-0.1, -0.05) is 29.3 Å². The predicted molar refractivity (Wildman–Crippen MR) is 131 cm³/mol. The summed E-state index contributed by atoms with van der Waals surface area (Å²) in [5, 5.41) is 3.67. The quantitative estimate of drug-likeness (QED) is 0.662. The Kier molecular flexibility index (Phi) is 7.51. The van der Waals surface area contributed by atoms with Gasteiger partial charge < -0.3 is 10.2 Å². The van der Waals surface area contributed by atoms with Crippen molar-refractivity contribution in [2.45, 2.75) is 38.4 Å². The molecule has 2 aliphatic rings. The van der Waals surface area contributed by atoms with Crippen LogP contribution in [0.25, 0.3) is 0 Å². The monoisotopic (exact) mass is 478 g/mol. The number of likely N-dealkylation sites (tertiary alicyclic amines) is 1. The Balaban J connectivity index is 0.00000306. The minimum Gasteiger partial charge on any atom is -0.355 e. The number of carbonyl (C=O) groups excluding carboxylic acids is 1. The Labute approximate surface area is 201 Å². The number of pyridine rings is 2. The van der Waals surface area contributed by atoms with E-state index in [9.17, 15) is 4.79 Å². The summed E-state index contributed by atoms with van der Waals surface area (Å²) in [7, 11) is 1.60. The molecule has 0 spiro atoms. The van der Waals surface area contributed by atoms with Crippen molar-refractivity contribution < 1.29 is 6.22 Å².